The molecule has 0 aliphatic carbocycles. The normalized spacial score (nSPS) is 17.9. The molecule has 12 heteroatoms. The molecule has 204 valence electrons. The number of nitrogens with one attached hydrogen (secondary N) is 1. The van der Waals surface area contributed by atoms with Crippen LogP contribution in [0, 0.1) is 11.3 Å². The van der Waals surface area contributed by atoms with Crippen molar-refractivity contribution in [3.63, 3.8) is 0 Å². The van der Waals surface area contributed by atoms with Gasteiger partial charge in [0.25, 0.3) is 5.88 Å². The van der Waals surface area contributed by atoms with Crippen LogP contribution in [0.4, 0.5) is 22.1 Å². The van der Waals surface area contributed by atoms with Gasteiger partial charge in [0.2, 0.25) is 0 Å². The van der Waals surface area contributed by atoms with Crippen LogP contribution in [0.1, 0.15) is 40.0 Å². The van der Waals surface area contributed by atoms with Gasteiger partial charge >= 0.3 is 6.03 Å². The van der Waals surface area contributed by atoms with Gasteiger partial charge in [-0.25, -0.2) is 19.6 Å². The van der Waals surface area contributed by atoms with Gasteiger partial charge in [0.05, 0.1) is 30.2 Å². The Morgan fingerprint density at radius 3 is 2.95 bits per heavy atom. The van der Waals surface area contributed by atoms with Crippen LogP contribution < -0.4 is 15.1 Å². The first-order valence-electron chi connectivity index (χ1n) is 12.8. The summed E-state index contributed by atoms with van der Waals surface area (Å²) in [6.45, 7) is 1.93. The highest BCUT2D eigenvalue weighted by Crippen LogP contribution is 2.30. The number of nitriles is 1. The zero-order chi connectivity index (χ0) is 28.1. The van der Waals surface area contributed by atoms with Crippen molar-refractivity contribution in [2.45, 2.75) is 31.9 Å². The second-order valence-corrected chi connectivity index (χ2v) is 9.43. The molecule has 1 saturated heterocycles. The maximum atomic E-state index is 13.4. The van der Waals surface area contributed by atoms with E-state index in [0.29, 0.717) is 60.7 Å². The third-order valence-corrected chi connectivity index (χ3v) is 7.01. The van der Waals surface area contributed by atoms with Crippen molar-refractivity contribution >= 4 is 35.6 Å². The molecule has 1 unspecified atom stereocenters. The number of anilines is 3. The molecule has 5 heterocycles. The van der Waals surface area contributed by atoms with Gasteiger partial charge in [-0.15, -0.1) is 0 Å². The SMILES string of the molecule is COC1CCN(c2cc(NC(=O)N3CCCc4cc(CN5C=CC=COC5=C=O)c(C=O)nc43)ncc2C#N)C1. The van der Waals surface area contributed by atoms with Crippen LogP contribution in [0.15, 0.2) is 48.8 Å². The first-order chi connectivity index (χ1) is 19.5. The number of allylic oxidation sites excluding steroid dienone is 2. The molecule has 2 aromatic rings. The van der Waals surface area contributed by atoms with Crippen molar-refractivity contribution in [1.82, 2.24) is 14.9 Å². The average Bonchev–Trinajstić information content (AvgIpc) is 3.36. The highest BCUT2D eigenvalue weighted by molar-refractivity contribution is 6.02. The minimum atomic E-state index is -0.446. The Morgan fingerprint density at radius 2 is 2.20 bits per heavy atom. The number of fused-ring (bicyclic) bond motifs is 1. The van der Waals surface area contributed by atoms with Gasteiger partial charge in [-0.2, -0.15) is 5.26 Å². The van der Waals surface area contributed by atoms with E-state index >= 15 is 0 Å². The van der Waals surface area contributed by atoms with E-state index in [4.69, 9.17) is 9.47 Å². The average molecular weight is 542 g/mol. The third-order valence-electron chi connectivity index (χ3n) is 7.01. The van der Waals surface area contributed by atoms with E-state index in [-0.39, 0.29) is 24.2 Å². The van der Waals surface area contributed by atoms with Gasteiger partial charge in [-0.05, 0) is 43.0 Å². The first kappa shape index (κ1) is 26.6. The van der Waals surface area contributed by atoms with Crippen molar-refractivity contribution in [2.75, 3.05) is 41.9 Å². The number of hydrogen-bond acceptors (Lipinski definition) is 10. The van der Waals surface area contributed by atoms with E-state index in [0.717, 1.165) is 18.5 Å². The third kappa shape index (κ3) is 5.42. The summed E-state index contributed by atoms with van der Waals surface area (Å²) in [5.41, 5.74) is 2.62. The van der Waals surface area contributed by atoms with E-state index in [1.807, 2.05) is 11.0 Å². The lowest BCUT2D eigenvalue weighted by Gasteiger charge is -2.29. The molecule has 3 aliphatic rings. The number of aldehydes is 1. The quantitative estimate of drug-likeness (QED) is 0.429. The monoisotopic (exact) mass is 541 g/mol. The molecule has 12 nitrogen and oxygen atoms in total. The lowest BCUT2D eigenvalue weighted by atomic mass is 10.0. The summed E-state index contributed by atoms with van der Waals surface area (Å²) in [5.74, 6) is 2.41. The number of rotatable bonds is 6. The fraction of sp³-hybridized carbons (Fsp3) is 0.321. The summed E-state index contributed by atoms with van der Waals surface area (Å²) in [6.07, 6.45) is 10.7. The number of aryl methyl sites for hydroxylation is 1. The number of carbonyl (C=O) groups is 2. The molecule has 0 radical (unpaired) electrons. The molecule has 1 atom stereocenters. The van der Waals surface area contributed by atoms with Crippen molar-refractivity contribution < 1.29 is 23.9 Å². The van der Waals surface area contributed by atoms with Gasteiger partial charge in [-0.3, -0.25) is 15.0 Å². The Labute approximate surface area is 230 Å². The Balaban J connectivity index is 1.38. The van der Waals surface area contributed by atoms with Gasteiger partial charge in [0.1, 0.15) is 23.4 Å². The molecule has 0 aromatic carbocycles. The van der Waals surface area contributed by atoms with Crippen LogP contribution in [0.3, 0.4) is 0 Å². The zero-order valence-corrected chi connectivity index (χ0v) is 21.9. The van der Waals surface area contributed by atoms with Crippen LogP contribution >= 0.6 is 0 Å². The molecule has 5 rings (SSSR count). The predicted octanol–water partition coefficient (Wildman–Crippen LogP) is 2.90. The summed E-state index contributed by atoms with van der Waals surface area (Å²) in [5, 5.41) is 12.4. The predicted molar refractivity (Wildman–Crippen MR) is 145 cm³/mol. The lowest BCUT2D eigenvalue weighted by Crippen LogP contribution is -2.40. The molecule has 3 aliphatic heterocycles. The molecule has 0 saturated carbocycles. The van der Waals surface area contributed by atoms with E-state index < -0.39 is 6.03 Å². The summed E-state index contributed by atoms with van der Waals surface area (Å²) in [7, 11) is 1.67. The molecule has 1 N–H and O–H groups in total. The second kappa shape index (κ2) is 11.8. The summed E-state index contributed by atoms with van der Waals surface area (Å²) < 4.78 is 10.7. The van der Waals surface area contributed by atoms with Gasteiger partial charge in [-0.1, -0.05) is 0 Å². The maximum Gasteiger partial charge on any atom is 0.328 e. The van der Waals surface area contributed by atoms with Crippen LogP contribution in [0.5, 0.6) is 0 Å². The number of amides is 2. The maximum absolute atomic E-state index is 13.4. The lowest BCUT2D eigenvalue weighted by molar-refractivity contribution is 0.111. The number of carbonyl (C=O) groups excluding carboxylic acids is 3. The molecule has 0 spiro atoms. The van der Waals surface area contributed by atoms with Crippen molar-refractivity contribution in [3.05, 3.63) is 71.2 Å². The number of urea groups is 1. The number of pyridine rings is 2. The number of hydrogen-bond donors (Lipinski definition) is 1. The highest BCUT2D eigenvalue weighted by Gasteiger charge is 2.28. The van der Waals surface area contributed by atoms with Crippen molar-refractivity contribution in [3.8, 4) is 6.07 Å². The van der Waals surface area contributed by atoms with E-state index in [1.165, 1.54) is 22.3 Å². The Hall–Kier alpha value is -4.98. The molecular weight excluding hydrogens is 514 g/mol. The van der Waals surface area contributed by atoms with Gasteiger partial charge in [0, 0.05) is 50.8 Å². The van der Waals surface area contributed by atoms with Crippen LogP contribution in [-0.2, 0) is 27.2 Å². The molecular formula is C28H27N7O5. The van der Waals surface area contributed by atoms with E-state index in [1.54, 1.807) is 37.5 Å². The highest BCUT2D eigenvalue weighted by atomic mass is 16.5. The van der Waals surface area contributed by atoms with Crippen LogP contribution in [0.2, 0.25) is 0 Å². The number of methoxy groups -OCH3 is 1. The minimum absolute atomic E-state index is 0.0402. The van der Waals surface area contributed by atoms with Crippen molar-refractivity contribution in [1.29, 1.82) is 5.26 Å². The number of nitrogens with zero attached hydrogens (tertiary/aromatic N) is 6. The van der Waals surface area contributed by atoms with Crippen molar-refractivity contribution in [2.24, 2.45) is 0 Å². The standard InChI is InChI=1S/C28H27N7O5/c1-39-22-6-9-33(16-22)24-12-25(30-14-21(24)13-29)32-28(38)35-8-4-5-19-11-20(23(17-36)31-27(19)35)15-34-7-2-3-10-40-26(34)18-37/h2-3,7,10-12,14,17,22H,4-6,8-9,15-16H2,1H3,(H,30,32,38). The van der Waals surface area contributed by atoms with Crippen LogP contribution in [0.25, 0.3) is 0 Å². The topological polar surface area (TPSA) is 141 Å². The first-order valence-corrected chi connectivity index (χ1v) is 12.8. The van der Waals surface area contributed by atoms with Gasteiger partial charge in [0.15, 0.2) is 12.2 Å². The zero-order valence-electron chi connectivity index (χ0n) is 21.9. The molecule has 0 bridgehead atoms. The number of aromatic nitrogens is 2. The molecule has 2 aromatic heterocycles. The summed E-state index contributed by atoms with van der Waals surface area (Å²) >= 11 is 0. The smallest absolute Gasteiger partial charge is 0.328 e. The summed E-state index contributed by atoms with van der Waals surface area (Å²) in [6, 6.07) is 5.24. The van der Waals surface area contributed by atoms with E-state index in [9.17, 15) is 19.6 Å². The van der Waals surface area contributed by atoms with E-state index in [2.05, 4.69) is 21.4 Å². The Bertz CT molecular complexity index is 1470. The molecule has 1 fully saturated rings. The second-order valence-electron chi connectivity index (χ2n) is 9.43. The summed E-state index contributed by atoms with van der Waals surface area (Å²) in [4.78, 5) is 50.6. The van der Waals surface area contributed by atoms with Gasteiger partial charge < -0.3 is 19.3 Å². The fourth-order valence-corrected chi connectivity index (χ4v) is 4.99. The Morgan fingerprint density at radius 1 is 1.32 bits per heavy atom. The fourth-order valence-electron chi connectivity index (χ4n) is 4.99. The largest absolute Gasteiger partial charge is 0.440 e. The molecule has 2 amide bonds. The minimum Gasteiger partial charge on any atom is -0.440 e. The molecule has 40 heavy (non-hydrogen) atoms. The number of ether oxygens (including phenoxy) is 2. The Kier molecular flexibility index (Phi) is 7.87. The van der Waals surface area contributed by atoms with Crippen LogP contribution in [-0.4, -0.2) is 66.0 Å².